The van der Waals surface area contributed by atoms with E-state index < -0.39 is 0 Å². The third-order valence-electron chi connectivity index (χ3n) is 5.11. The van der Waals surface area contributed by atoms with Crippen LogP contribution in [-0.4, -0.2) is 63.6 Å². The lowest BCUT2D eigenvalue weighted by Crippen LogP contribution is -2.50. The molecule has 2 saturated heterocycles. The van der Waals surface area contributed by atoms with Crippen LogP contribution in [-0.2, 0) is 22.6 Å². The molecule has 1 amide bonds. The number of morpholine rings is 1. The van der Waals surface area contributed by atoms with E-state index in [2.05, 4.69) is 9.88 Å². The molecule has 0 radical (unpaired) electrons. The first-order valence-corrected chi connectivity index (χ1v) is 8.88. The van der Waals surface area contributed by atoms with Crippen LogP contribution < -0.4 is 5.56 Å². The van der Waals surface area contributed by atoms with Crippen LogP contribution in [0.25, 0.3) is 0 Å². The molecule has 2 aliphatic rings. The van der Waals surface area contributed by atoms with Crippen molar-refractivity contribution in [1.29, 1.82) is 0 Å². The Morgan fingerprint density at radius 1 is 1.19 bits per heavy atom. The molecular formula is C19H22N4O3. The Morgan fingerprint density at radius 2 is 2.04 bits per heavy atom. The molecule has 2 aliphatic heterocycles. The van der Waals surface area contributed by atoms with E-state index in [1.54, 1.807) is 30.7 Å². The number of carbonyl (C=O) groups is 1. The van der Waals surface area contributed by atoms with Crippen LogP contribution in [0.5, 0.6) is 0 Å². The van der Waals surface area contributed by atoms with Gasteiger partial charge < -0.3 is 14.2 Å². The number of pyridine rings is 2. The minimum absolute atomic E-state index is 0.0297. The van der Waals surface area contributed by atoms with Crippen molar-refractivity contribution < 1.29 is 9.53 Å². The summed E-state index contributed by atoms with van der Waals surface area (Å²) in [5.74, 6) is -0.0415. The molecule has 0 aromatic carbocycles. The van der Waals surface area contributed by atoms with Crippen LogP contribution in [0.15, 0.2) is 53.7 Å². The van der Waals surface area contributed by atoms with Crippen molar-refractivity contribution in [2.75, 3.05) is 26.2 Å². The molecule has 4 rings (SSSR count). The first-order chi connectivity index (χ1) is 12.7. The molecule has 0 saturated carbocycles. The average Bonchev–Trinajstić information content (AvgIpc) is 3.10. The molecule has 0 aliphatic carbocycles. The molecule has 2 fully saturated rings. The molecule has 0 spiro atoms. The topological polar surface area (TPSA) is 67.7 Å². The number of hydrogen-bond acceptors (Lipinski definition) is 5. The number of amides is 1. The summed E-state index contributed by atoms with van der Waals surface area (Å²) in [6.07, 6.45) is 5.28. The van der Waals surface area contributed by atoms with Gasteiger partial charge in [0.1, 0.15) is 6.54 Å². The van der Waals surface area contributed by atoms with Crippen LogP contribution in [0.2, 0.25) is 0 Å². The Morgan fingerprint density at radius 3 is 2.85 bits per heavy atom. The molecule has 7 nitrogen and oxygen atoms in total. The van der Waals surface area contributed by atoms with Crippen molar-refractivity contribution >= 4 is 5.91 Å². The SMILES string of the molecule is O=C(Cn1ccccc1=O)N1CC2OCCN(Cc3ccncc3)C2C1. The number of carbonyl (C=O) groups excluding carboxylic acids is 1. The predicted octanol–water partition coefficient (Wildman–Crippen LogP) is 0.355. The molecule has 7 heteroatoms. The highest BCUT2D eigenvalue weighted by Gasteiger charge is 2.41. The highest BCUT2D eigenvalue weighted by atomic mass is 16.5. The Kier molecular flexibility index (Phi) is 4.81. The number of likely N-dealkylation sites (tertiary alicyclic amines) is 1. The quantitative estimate of drug-likeness (QED) is 0.793. The van der Waals surface area contributed by atoms with Gasteiger partial charge in [-0.25, -0.2) is 0 Å². The third-order valence-corrected chi connectivity index (χ3v) is 5.11. The first-order valence-electron chi connectivity index (χ1n) is 8.88. The molecule has 2 unspecified atom stereocenters. The zero-order chi connectivity index (χ0) is 17.9. The molecule has 2 aromatic rings. The van der Waals surface area contributed by atoms with E-state index in [0.29, 0.717) is 19.7 Å². The Bertz CT molecular complexity index is 823. The van der Waals surface area contributed by atoms with Crippen LogP contribution in [0.3, 0.4) is 0 Å². The maximum absolute atomic E-state index is 12.7. The summed E-state index contributed by atoms with van der Waals surface area (Å²) in [4.78, 5) is 32.8. The van der Waals surface area contributed by atoms with Crippen molar-refractivity contribution in [3.63, 3.8) is 0 Å². The summed E-state index contributed by atoms with van der Waals surface area (Å²) < 4.78 is 7.35. The van der Waals surface area contributed by atoms with Gasteiger partial charge in [-0.1, -0.05) is 6.07 Å². The molecular weight excluding hydrogens is 332 g/mol. The molecule has 0 N–H and O–H groups in total. The van der Waals surface area contributed by atoms with E-state index in [1.165, 1.54) is 16.2 Å². The lowest BCUT2D eigenvalue weighted by Gasteiger charge is -2.36. The molecule has 4 heterocycles. The summed E-state index contributed by atoms with van der Waals surface area (Å²) in [7, 11) is 0. The van der Waals surface area contributed by atoms with E-state index in [4.69, 9.17) is 4.74 Å². The smallest absolute Gasteiger partial charge is 0.250 e. The predicted molar refractivity (Wildman–Crippen MR) is 95.5 cm³/mol. The maximum atomic E-state index is 12.7. The molecule has 26 heavy (non-hydrogen) atoms. The minimum Gasteiger partial charge on any atom is -0.373 e. The van der Waals surface area contributed by atoms with Crippen LogP contribution in [0.4, 0.5) is 0 Å². The zero-order valence-corrected chi connectivity index (χ0v) is 14.5. The van der Waals surface area contributed by atoms with Crippen LogP contribution >= 0.6 is 0 Å². The first kappa shape index (κ1) is 16.9. The summed E-state index contributed by atoms with van der Waals surface area (Å²) in [5, 5.41) is 0. The largest absolute Gasteiger partial charge is 0.373 e. The Hall–Kier alpha value is -2.51. The second-order valence-corrected chi connectivity index (χ2v) is 6.77. The van der Waals surface area contributed by atoms with Gasteiger partial charge >= 0.3 is 0 Å². The number of rotatable bonds is 4. The number of fused-ring (bicyclic) bond motifs is 1. The second-order valence-electron chi connectivity index (χ2n) is 6.77. The normalized spacial score (nSPS) is 23.0. The average molecular weight is 354 g/mol. The Labute approximate surface area is 151 Å². The number of ether oxygens (including phenoxy) is 1. The Balaban J connectivity index is 1.43. The van der Waals surface area contributed by atoms with Crippen LogP contribution in [0, 0.1) is 0 Å². The fourth-order valence-corrected chi connectivity index (χ4v) is 3.72. The fraction of sp³-hybridized carbons (Fsp3) is 0.421. The van der Waals surface area contributed by atoms with Crippen molar-refractivity contribution in [3.05, 3.63) is 64.8 Å². The maximum Gasteiger partial charge on any atom is 0.250 e. The van der Waals surface area contributed by atoms with Gasteiger partial charge in [0.25, 0.3) is 5.56 Å². The lowest BCUT2D eigenvalue weighted by atomic mass is 10.1. The monoisotopic (exact) mass is 354 g/mol. The van der Waals surface area contributed by atoms with E-state index >= 15 is 0 Å². The number of nitrogens with zero attached hydrogens (tertiary/aromatic N) is 4. The molecule has 2 atom stereocenters. The van der Waals surface area contributed by atoms with Crippen molar-refractivity contribution in [2.45, 2.75) is 25.2 Å². The summed E-state index contributed by atoms with van der Waals surface area (Å²) in [6, 6.07) is 9.13. The molecule has 2 aromatic heterocycles. The number of aromatic nitrogens is 2. The van der Waals surface area contributed by atoms with E-state index in [0.717, 1.165) is 13.1 Å². The van der Waals surface area contributed by atoms with Gasteiger partial charge in [-0.05, 0) is 23.8 Å². The van der Waals surface area contributed by atoms with E-state index in [-0.39, 0.29) is 30.2 Å². The molecule has 136 valence electrons. The second kappa shape index (κ2) is 7.39. The van der Waals surface area contributed by atoms with Gasteiger partial charge in [-0.2, -0.15) is 0 Å². The molecule has 0 bridgehead atoms. The standard InChI is InChI=1S/C19H22N4O3/c24-18-3-1-2-8-22(18)14-19(25)23-12-16-17(13-23)26-10-9-21(16)11-15-4-6-20-7-5-15/h1-8,16-17H,9-14H2. The number of hydrogen-bond donors (Lipinski definition) is 0. The highest BCUT2D eigenvalue weighted by Crippen LogP contribution is 2.24. The van der Waals surface area contributed by atoms with Crippen molar-refractivity contribution in [2.24, 2.45) is 0 Å². The summed E-state index contributed by atoms with van der Waals surface area (Å²) >= 11 is 0. The van der Waals surface area contributed by atoms with Gasteiger partial charge in [0.05, 0.1) is 18.8 Å². The van der Waals surface area contributed by atoms with Crippen LogP contribution in [0.1, 0.15) is 5.56 Å². The van der Waals surface area contributed by atoms with Gasteiger partial charge in [-0.15, -0.1) is 0 Å². The lowest BCUT2D eigenvalue weighted by molar-refractivity contribution is -0.131. The van der Waals surface area contributed by atoms with E-state index in [1.807, 2.05) is 17.0 Å². The van der Waals surface area contributed by atoms with Gasteiger partial charge in [0, 0.05) is 50.8 Å². The van der Waals surface area contributed by atoms with Gasteiger partial charge in [0.15, 0.2) is 0 Å². The van der Waals surface area contributed by atoms with Gasteiger partial charge in [0.2, 0.25) is 5.91 Å². The van der Waals surface area contributed by atoms with E-state index in [9.17, 15) is 9.59 Å². The van der Waals surface area contributed by atoms with Crippen molar-refractivity contribution in [1.82, 2.24) is 19.4 Å². The summed E-state index contributed by atoms with van der Waals surface area (Å²) in [6.45, 7) is 3.64. The van der Waals surface area contributed by atoms with Crippen molar-refractivity contribution in [3.8, 4) is 0 Å². The van der Waals surface area contributed by atoms with Gasteiger partial charge in [-0.3, -0.25) is 19.5 Å². The minimum atomic E-state index is -0.159. The summed E-state index contributed by atoms with van der Waals surface area (Å²) in [5.41, 5.74) is 1.05. The third kappa shape index (κ3) is 3.54. The fourth-order valence-electron chi connectivity index (χ4n) is 3.72. The highest BCUT2D eigenvalue weighted by molar-refractivity contribution is 5.76. The zero-order valence-electron chi connectivity index (χ0n) is 14.5.